The summed E-state index contributed by atoms with van der Waals surface area (Å²) >= 11 is 1.29. The zero-order chi connectivity index (χ0) is 25.7. The van der Waals surface area contributed by atoms with Crippen LogP contribution in [0.4, 0.5) is 11.4 Å². The number of nitro groups is 1. The van der Waals surface area contributed by atoms with E-state index < -0.39 is 4.92 Å². The first kappa shape index (κ1) is 24.7. The third-order valence-corrected chi connectivity index (χ3v) is 6.14. The van der Waals surface area contributed by atoms with Crippen molar-refractivity contribution in [2.75, 3.05) is 20.8 Å². The minimum absolute atomic E-state index is 0.133. The fourth-order valence-corrected chi connectivity index (χ4v) is 4.36. The monoisotopic (exact) mass is 506 g/mol. The molecule has 0 aliphatic carbocycles. The number of hydrogen-bond donors (Lipinski definition) is 0. The molecule has 1 fully saturated rings. The molecule has 1 aliphatic heterocycles. The highest BCUT2D eigenvalue weighted by molar-refractivity contribution is 8.18. The van der Waals surface area contributed by atoms with E-state index in [0.29, 0.717) is 33.8 Å². The molecule has 0 N–H and O–H groups in total. The van der Waals surface area contributed by atoms with Crippen molar-refractivity contribution >= 4 is 40.3 Å². The van der Waals surface area contributed by atoms with Crippen LogP contribution in [-0.4, -0.2) is 46.6 Å². The smallest absolute Gasteiger partial charge is 0.287 e. The van der Waals surface area contributed by atoms with E-state index in [1.54, 1.807) is 36.3 Å². The van der Waals surface area contributed by atoms with Crippen molar-refractivity contribution in [1.82, 2.24) is 9.88 Å². The Morgan fingerprint density at radius 2 is 1.86 bits per heavy atom. The first-order chi connectivity index (χ1) is 17.4. The Kier molecular flexibility index (Phi) is 7.50. The van der Waals surface area contributed by atoms with E-state index >= 15 is 0 Å². The summed E-state index contributed by atoms with van der Waals surface area (Å²) in [5.74, 6) is 1.57. The SMILES string of the molecule is CCN1C(=O)/C(=C\c2ccc(Oc3ccc([N+](=O)[O-])cn3)c(OC)c2)SC1=Nc1ccc(OC)cc1. The summed E-state index contributed by atoms with van der Waals surface area (Å²) in [6.45, 7) is 2.38. The highest BCUT2D eigenvalue weighted by atomic mass is 32.2. The molecule has 11 heteroatoms. The number of hydrogen-bond acceptors (Lipinski definition) is 9. The second kappa shape index (κ2) is 10.9. The summed E-state index contributed by atoms with van der Waals surface area (Å²) < 4.78 is 16.4. The van der Waals surface area contributed by atoms with Crippen LogP contribution in [0, 0.1) is 10.1 Å². The summed E-state index contributed by atoms with van der Waals surface area (Å²) in [6, 6.07) is 15.2. The fraction of sp³-hybridized carbons (Fsp3) is 0.160. The average molecular weight is 507 g/mol. The first-order valence-electron chi connectivity index (χ1n) is 10.8. The van der Waals surface area contributed by atoms with Crippen LogP contribution in [0.25, 0.3) is 6.08 Å². The van der Waals surface area contributed by atoms with Crippen LogP contribution in [0.5, 0.6) is 23.1 Å². The average Bonchev–Trinajstić information content (AvgIpc) is 3.18. The van der Waals surface area contributed by atoms with Gasteiger partial charge in [0, 0.05) is 18.7 Å². The number of pyridine rings is 1. The van der Waals surface area contributed by atoms with Crippen LogP contribution in [0.1, 0.15) is 12.5 Å². The van der Waals surface area contributed by atoms with Gasteiger partial charge in [0.05, 0.1) is 29.7 Å². The number of ether oxygens (including phenoxy) is 3. The number of amidine groups is 1. The molecule has 184 valence electrons. The third kappa shape index (κ3) is 5.47. The summed E-state index contributed by atoms with van der Waals surface area (Å²) in [4.78, 5) is 34.0. The second-order valence-electron chi connectivity index (χ2n) is 7.38. The van der Waals surface area contributed by atoms with Crippen molar-refractivity contribution in [1.29, 1.82) is 0 Å². The number of carbonyl (C=O) groups is 1. The molecule has 0 atom stereocenters. The van der Waals surface area contributed by atoms with Gasteiger partial charge in [-0.2, -0.15) is 0 Å². The number of likely N-dealkylation sites (N-methyl/N-ethyl adjacent to an activating group) is 1. The van der Waals surface area contributed by atoms with Gasteiger partial charge >= 0.3 is 0 Å². The predicted molar refractivity (Wildman–Crippen MR) is 137 cm³/mol. The molecule has 2 aromatic carbocycles. The van der Waals surface area contributed by atoms with Crippen LogP contribution in [-0.2, 0) is 4.79 Å². The summed E-state index contributed by atoms with van der Waals surface area (Å²) in [6.07, 6.45) is 2.89. The number of thioether (sulfide) groups is 1. The highest BCUT2D eigenvalue weighted by Gasteiger charge is 2.32. The van der Waals surface area contributed by atoms with Crippen LogP contribution < -0.4 is 14.2 Å². The van der Waals surface area contributed by atoms with E-state index in [4.69, 9.17) is 14.2 Å². The number of benzene rings is 2. The molecule has 0 spiro atoms. The molecular formula is C25H22N4O6S. The summed E-state index contributed by atoms with van der Waals surface area (Å²) in [5.41, 5.74) is 1.31. The van der Waals surface area contributed by atoms with Gasteiger partial charge in [0.2, 0.25) is 5.88 Å². The van der Waals surface area contributed by atoms with Gasteiger partial charge in [0.25, 0.3) is 11.6 Å². The Hall–Kier alpha value is -4.38. The molecule has 1 amide bonds. The third-order valence-electron chi connectivity index (χ3n) is 5.13. The number of nitrogens with zero attached hydrogens (tertiary/aromatic N) is 4. The van der Waals surface area contributed by atoms with Crippen molar-refractivity contribution in [3.8, 4) is 23.1 Å². The summed E-state index contributed by atoms with van der Waals surface area (Å²) in [7, 11) is 3.10. The van der Waals surface area contributed by atoms with Crippen molar-refractivity contribution in [3.63, 3.8) is 0 Å². The van der Waals surface area contributed by atoms with E-state index in [-0.39, 0.29) is 17.5 Å². The van der Waals surface area contributed by atoms with Crippen molar-refractivity contribution in [2.24, 2.45) is 4.99 Å². The molecule has 1 aliphatic rings. The minimum Gasteiger partial charge on any atom is -0.497 e. The molecule has 0 unspecified atom stereocenters. The quantitative estimate of drug-likeness (QED) is 0.226. The van der Waals surface area contributed by atoms with Gasteiger partial charge in [-0.05, 0) is 66.7 Å². The topological polar surface area (TPSA) is 116 Å². The maximum absolute atomic E-state index is 13.0. The Morgan fingerprint density at radius 3 is 2.47 bits per heavy atom. The molecule has 0 saturated carbocycles. The maximum Gasteiger partial charge on any atom is 0.287 e. The van der Waals surface area contributed by atoms with Crippen LogP contribution in [0.3, 0.4) is 0 Å². The number of rotatable bonds is 8. The van der Waals surface area contributed by atoms with Crippen LogP contribution in [0.2, 0.25) is 0 Å². The van der Waals surface area contributed by atoms with Crippen molar-refractivity contribution < 1.29 is 23.9 Å². The zero-order valence-corrected chi connectivity index (χ0v) is 20.5. The number of methoxy groups -OCH3 is 2. The van der Waals surface area contributed by atoms with E-state index in [0.717, 1.165) is 17.5 Å². The molecule has 10 nitrogen and oxygen atoms in total. The van der Waals surface area contributed by atoms with E-state index in [1.807, 2.05) is 31.2 Å². The number of carbonyl (C=O) groups excluding carboxylic acids is 1. The van der Waals surface area contributed by atoms with E-state index in [1.165, 1.54) is 31.0 Å². The Bertz CT molecular complexity index is 1340. The normalized spacial score (nSPS) is 15.4. The molecule has 1 aromatic heterocycles. The number of aromatic nitrogens is 1. The van der Waals surface area contributed by atoms with E-state index in [9.17, 15) is 14.9 Å². The second-order valence-corrected chi connectivity index (χ2v) is 8.39. The predicted octanol–water partition coefficient (Wildman–Crippen LogP) is 5.42. The first-order valence-corrected chi connectivity index (χ1v) is 11.6. The standard InChI is InChI=1S/C25H22N4O6S/c1-4-28-24(30)22(36-25(28)27-17-6-9-19(33-2)10-7-17)14-16-5-11-20(21(13-16)34-3)35-23-12-8-18(15-26-23)29(31)32/h5-15H,4H2,1-3H3/b22-14+,27-25?. The van der Waals surface area contributed by atoms with Crippen molar-refractivity contribution in [2.45, 2.75) is 6.92 Å². The summed E-state index contributed by atoms with van der Waals surface area (Å²) in [5, 5.41) is 11.4. The Labute approximate surface area is 211 Å². The number of amides is 1. The molecule has 1 saturated heterocycles. The molecule has 4 rings (SSSR count). The van der Waals surface area contributed by atoms with Gasteiger partial charge in [0.1, 0.15) is 11.9 Å². The van der Waals surface area contributed by atoms with Gasteiger partial charge < -0.3 is 14.2 Å². The zero-order valence-electron chi connectivity index (χ0n) is 19.7. The van der Waals surface area contributed by atoms with Gasteiger partial charge in [-0.25, -0.2) is 9.98 Å². The van der Waals surface area contributed by atoms with Crippen LogP contribution in [0.15, 0.2) is 70.7 Å². The molecule has 36 heavy (non-hydrogen) atoms. The minimum atomic E-state index is -0.533. The largest absolute Gasteiger partial charge is 0.497 e. The lowest BCUT2D eigenvalue weighted by Gasteiger charge is -2.12. The van der Waals surface area contributed by atoms with Crippen molar-refractivity contribution in [3.05, 3.63) is 81.4 Å². The van der Waals surface area contributed by atoms with Gasteiger partial charge in [-0.15, -0.1) is 0 Å². The number of aliphatic imine (C=N–C) groups is 1. The van der Waals surface area contributed by atoms with Crippen LogP contribution >= 0.6 is 11.8 Å². The lowest BCUT2D eigenvalue weighted by Crippen LogP contribution is -2.28. The molecule has 0 radical (unpaired) electrons. The van der Waals surface area contributed by atoms with Gasteiger partial charge in [-0.1, -0.05) is 6.07 Å². The highest BCUT2D eigenvalue weighted by Crippen LogP contribution is 2.37. The molecular weight excluding hydrogens is 484 g/mol. The maximum atomic E-state index is 13.0. The lowest BCUT2D eigenvalue weighted by molar-refractivity contribution is -0.385. The molecule has 3 aromatic rings. The fourth-order valence-electron chi connectivity index (χ4n) is 3.30. The Morgan fingerprint density at radius 1 is 1.08 bits per heavy atom. The Balaban J connectivity index is 1.56. The van der Waals surface area contributed by atoms with Gasteiger partial charge in [0.15, 0.2) is 16.7 Å². The lowest BCUT2D eigenvalue weighted by atomic mass is 10.2. The van der Waals surface area contributed by atoms with Gasteiger partial charge in [-0.3, -0.25) is 19.8 Å². The van der Waals surface area contributed by atoms with E-state index in [2.05, 4.69) is 9.98 Å². The molecule has 2 heterocycles. The molecule has 0 bridgehead atoms.